The number of nitrogens with one attached hydrogen (secondary N) is 9. The van der Waals surface area contributed by atoms with E-state index in [4.69, 9.17) is 27.7 Å². The number of carboxylic acid groups (broad SMARTS) is 1. The number of ether oxygens (including phenoxy) is 1. The van der Waals surface area contributed by atoms with E-state index in [1.807, 2.05) is 39.8 Å². The number of methoxy groups -OCH3 is 1. The minimum Gasteiger partial charge on any atom is -0.497 e. The number of hydrogen-bond donors (Lipinski definition) is 15. The van der Waals surface area contributed by atoms with Crippen LogP contribution in [0, 0.1) is 17.8 Å². The Hall–Kier alpha value is -11.9. The fourth-order valence-electron chi connectivity index (χ4n) is 18.1. The summed E-state index contributed by atoms with van der Waals surface area (Å²) in [5.41, 5.74) is 27.6. The summed E-state index contributed by atoms with van der Waals surface area (Å²) >= 11 is 0. The lowest BCUT2D eigenvalue weighted by Gasteiger charge is -2.38. The van der Waals surface area contributed by atoms with Crippen molar-refractivity contribution in [3.8, 4) is 5.75 Å². The second-order valence-corrected chi connectivity index (χ2v) is 35.9. The summed E-state index contributed by atoms with van der Waals surface area (Å²) in [5.74, 6) is -14.5. The molecule has 38 heteroatoms. The Kier molecular flexibility index (Phi) is 38.3. The molecule has 6 heterocycles. The molecule has 38 nitrogen and oxygen atoms in total. The van der Waals surface area contributed by atoms with Crippen LogP contribution in [0.15, 0.2) is 85.2 Å². The highest BCUT2D eigenvalue weighted by Gasteiger charge is 2.47. The Morgan fingerprint density at radius 3 is 1.73 bits per heavy atom. The Labute approximate surface area is 763 Å². The first-order valence-electron chi connectivity index (χ1n) is 46.0. The number of aromatic amines is 1. The van der Waals surface area contributed by atoms with Crippen molar-refractivity contribution in [2.45, 2.75) is 274 Å². The second-order valence-electron chi connectivity index (χ2n) is 35.9. The zero-order valence-corrected chi connectivity index (χ0v) is 76.7. The van der Waals surface area contributed by atoms with Gasteiger partial charge in [-0.2, -0.15) is 0 Å². The lowest BCUT2D eigenvalue weighted by atomic mass is 9.90. The number of nitrogens with two attached hydrogens (primary N) is 4. The maximum absolute atomic E-state index is 15.9. The number of carbonyl (C=O) groups excluding carboxylic acids is 15. The lowest BCUT2D eigenvalue weighted by Crippen LogP contribution is -2.62. The monoisotopic (exact) mass is 1820 g/mol. The van der Waals surface area contributed by atoms with Crippen LogP contribution in [-0.4, -0.2) is 284 Å². The fraction of sp³-hybridized carbons (Fsp3) is 0.591. The van der Waals surface area contributed by atoms with Crippen molar-refractivity contribution in [3.63, 3.8) is 0 Å². The maximum Gasteiger partial charge on any atom is 0.323 e. The number of aromatic nitrogens is 2. The molecule has 716 valence electrons. The number of piperidine rings is 1. The number of ketones is 1. The van der Waals surface area contributed by atoms with Gasteiger partial charge in [0.05, 0.1) is 31.7 Å². The molecule has 0 unspecified atom stereocenters. The summed E-state index contributed by atoms with van der Waals surface area (Å²) in [5, 5.41) is 45.1. The molecule has 19 N–H and O–H groups in total. The Morgan fingerprint density at radius 1 is 0.534 bits per heavy atom. The van der Waals surface area contributed by atoms with Crippen LogP contribution in [0.5, 0.6) is 5.75 Å². The van der Waals surface area contributed by atoms with Crippen LogP contribution >= 0.6 is 0 Å². The number of amides is 14. The first kappa shape index (κ1) is 103. The summed E-state index contributed by atoms with van der Waals surface area (Å²) in [7, 11) is 4.31. The molecule has 9 rings (SSSR count). The minimum atomic E-state index is -1.69. The number of carbonyl (C=O) groups is 16. The predicted molar refractivity (Wildman–Crippen MR) is 487 cm³/mol. The van der Waals surface area contributed by atoms with Gasteiger partial charge in [-0.1, -0.05) is 116 Å². The van der Waals surface area contributed by atoms with E-state index in [1.165, 1.54) is 40.5 Å². The molecule has 0 saturated carbocycles. The van der Waals surface area contributed by atoms with Gasteiger partial charge < -0.3 is 114 Å². The Morgan fingerprint density at radius 2 is 1.09 bits per heavy atom. The molecule has 4 saturated heterocycles. The standard InChI is InChI=1S/C93H135N19O19/c1-10-12-26-73-86(123)101-66(40-53(3)4)83(120)98-37-20-24-63(96)82(119)102-68(42-55-31-33-60(131-9)34-32-55)90(127)110-38-19-18-29-74(110)87(124)105-70(47-79(97)115)91(128)111-39-21-30-75(111)88(125)106-71(48-95)85(122)103-67(41-54(5)6)92(129)112-51-59(113)46-77(112)78(114)45-56(43-57-49-99-64-25-16-14-22-61(57)64)81(118)100-65(35-36-94)84(121)104-69(89(126)108(8)76(27-13-11-2)93(130)107(73)7)44-58-50-109(52-80(116)117)72-28-17-15-23-62(58)72/h14-17,22-23,25,28,31-34,49-50,53-54,56,59,63,65-71,73-77,99,113H,10-13,18-21,24,26-27,29-30,35-48,51-52,94-96H2,1-9H3,(H2,97,115)(H,98,120)(H,100,118)(H,101,123)(H,102,119)(H,103,122)(H,104,121)(H,105,124)(H,106,125)(H,116,117)/t56-,59-,63+,65+,66+,67+,68+,69+,70+,71+,73+,74+,75+,76+,77+/m1/s1. The number of carboxylic acids is 1. The average Bonchev–Trinajstić information content (AvgIpc) is 1.65. The van der Waals surface area contributed by atoms with E-state index in [1.54, 1.807) is 86.9 Å². The van der Waals surface area contributed by atoms with Gasteiger partial charge >= 0.3 is 5.97 Å². The van der Waals surface area contributed by atoms with Crippen LogP contribution < -0.4 is 70.2 Å². The number of aliphatic hydroxyl groups is 1. The number of aliphatic hydroxyl groups excluding tert-OH is 1. The molecule has 4 aliphatic heterocycles. The van der Waals surface area contributed by atoms with Crippen molar-refractivity contribution in [1.29, 1.82) is 0 Å². The largest absolute Gasteiger partial charge is 0.497 e. The summed E-state index contributed by atoms with van der Waals surface area (Å²) in [4.78, 5) is 246. The quantitative estimate of drug-likeness (QED) is 0.0411. The number of fused-ring (bicyclic) bond motifs is 5. The molecule has 0 bridgehead atoms. The fourth-order valence-corrected chi connectivity index (χ4v) is 18.1. The van der Waals surface area contributed by atoms with Crippen LogP contribution in [-0.2, 0) is 103 Å². The van der Waals surface area contributed by atoms with Gasteiger partial charge in [0.1, 0.15) is 78.8 Å². The smallest absolute Gasteiger partial charge is 0.323 e. The van der Waals surface area contributed by atoms with E-state index in [2.05, 4.69) is 47.5 Å². The highest BCUT2D eigenvalue weighted by molar-refractivity contribution is 6.02. The van der Waals surface area contributed by atoms with Gasteiger partial charge in [0.25, 0.3) is 0 Å². The summed E-state index contributed by atoms with van der Waals surface area (Å²) in [6, 6.07) is 2.63. The summed E-state index contributed by atoms with van der Waals surface area (Å²) < 4.78 is 6.86. The van der Waals surface area contributed by atoms with E-state index in [-0.39, 0.29) is 128 Å². The summed E-state index contributed by atoms with van der Waals surface area (Å²) in [6.07, 6.45) is 2.95. The molecular formula is C93H135N19O19. The maximum atomic E-state index is 15.9. The second kappa shape index (κ2) is 48.8. The number of para-hydroxylation sites is 2. The number of unbranched alkanes of at least 4 members (excludes halogenated alkanes) is 2. The van der Waals surface area contributed by atoms with Crippen molar-refractivity contribution in [2.75, 3.05) is 60.5 Å². The van der Waals surface area contributed by atoms with Gasteiger partial charge in [-0.3, -0.25) is 76.7 Å². The first-order valence-corrected chi connectivity index (χ1v) is 46.0. The van der Waals surface area contributed by atoms with E-state index in [9.17, 15) is 48.6 Å². The topological polar surface area (TPSA) is 560 Å². The molecule has 4 fully saturated rings. The van der Waals surface area contributed by atoms with Crippen molar-refractivity contribution in [3.05, 3.63) is 102 Å². The predicted octanol–water partition coefficient (Wildman–Crippen LogP) is 1.09. The molecule has 2 aromatic heterocycles. The number of H-pyrrole nitrogens is 1. The van der Waals surface area contributed by atoms with Gasteiger partial charge in [0.15, 0.2) is 5.78 Å². The Balaban J connectivity index is 1.08. The van der Waals surface area contributed by atoms with Gasteiger partial charge in [-0.05, 0) is 143 Å². The van der Waals surface area contributed by atoms with Crippen LogP contribution in [0.2, 0.25) is 0 Å². The van der Waals surface area contributed by atoms with Gasteiger partial charge in [0.2, 0.25) is 82.7 Å². The molecule has 15 atom stereocenters. The number of nitrogens with zero attached hydrogens (tertiary/aromatic N) is 6. The van der Waals surface area contributed by atoms with Crippen molar-refractivity contribution in [2.24, 2.45) is 40.7 Å². The number of likely N-dealkylation sites (N-methyl/N-ethyl adjacent to an activating group) is 2. The number of hydrogen-bond acceptors (Lipinski definition) is 21. The highest BCUT2D eigenvalue weighted by atomic mass is 16.5. The SMILES string of the molecule is CCCC[C@H]1C(=O)N(C)[C@@H](CCCC)C(=O)N[C@@H](CC(C)C)C(=O)NCCC[C@H](N)C(=O)N[C@@H](Cc2ccc(OC)cc2)C(=O)N2CCCC[C@H]2C(=O)N[C@@H](CC(N)=O)C(=O)N2CCC[C@H]2C(=O)N[C@@H](CN)C(=O)N[C@@H](CC(C)C)C(=O)N2C[C@H](O)C[C@H]2C(=O)C[C@@H](Cc2c[nH]c3ccccc23)C(=O)N[C@@H](CCN)C(=O)N[C@@H](Cc2cn(CC(=O)O)c3ccccc23)C(=O)N1C. The molecule has 0 aliphatic carbocycles. The van der Waals surface area contributed by atoms with Crippen molar-refractivity contribution >= 4 is 116 Å². The van der Waals surface area contributed by atoms with Crippen LogP contribution in [0.4, 0.5) is 0 Å². The number of benzene rings is 3. The van der Waals surface area contributed by atoms with E-state index >= 15 is 38.4 Å². The van der Waals surface area contributed by atoms with Crippen LogP contribution in [0.3, 0.4) is 0 Å². The molecule has 5 aromatic rings. The van der Waals surface area contributed by atoms with E-state index in [0.29, 0.717) is 82.8 Å². The van der Waals surface area contributed by atoms with Gasteiger partial charge in [-0.25, -0.2) is 0 Å². The number of Topliss-reactive ketones (excluding diaryl/α,β-unsaturated/α-hetero) is 1. The highest BCUT2D eigenvalue weighted by Crippen LogP contribution is 2.31. The molecule has 0 radical (unpaired) electrons. The number of primary amides is 1. The Bertz CT molecular complexity index is 4860. The lowest BCUT2D eigenvalue weighted by molar-refractivity contribution is -0.149. The number of aliphatic carboxylic acids is 1. The molecular weight excluding hydrogens is 1690 g/mol. The molecule has 131 heavy (non-hydrogen) atoms. The molecule has 14 amide bonds. The van der Waals surface area contributed by atoms with Crippen molar-refractivity contribution < 1.29 is 91.7 Å². The van der Waals surface area contributed by atoms with Gasteiger partial charge in [-0.15, -0.1) is 0 Å². The normalized spacial score (nSPS) is 25.9. The third-order valence-corrected chi connectivity index (χ3v) is 25.1. The average molecular weight is 1820 g/mol. The van der Waals surface area contributed by atoms with E-state index < -0.39 is 217 Å². The zero-order valence-electron chi connectivity index (χ0n) is 76.7. The first-order chi connectivity index (χ1) is 62.5. The third-order valence-electron chi connectivity index (χ3n) is 25.1. The molecule has 0 spiro atoms. The minimum absolute atomic E-state index is 0.0160. The summed E-state index contributed by atoms with van der Waals surface area (Å²) in [6.45, 7) is 9.29. The zero-order chi connectivity index (χ0) is 95.6. The van der Waals surface area contributed by atoms with Crippen LogP contribution in [0.25, 0.3) is 21.8 Å². The molecule has 3 aromatic carbocycles. The van der Waals surface area contributed by atoms with E-state index in [0.717, 1.165) is 9.80 Å². The molecule has 4 aliphatic rings. The van der Waals surface area contributed by atoms with Crippen LogP contribution in [0.1, 0.15) is 180 Å². The van der Waals surface area contributed by atoms with Gasteiger partial charge in [0, 0.05) is 113 Å². The number of rotatable bonds is 24. The third kappa shape index (κ3) is 27.6. The van der Waals surface area contributed by atoms with Crippen molar-refractivity contribution in [1.82, 2.24) is 76.6 Å².